The number of fused-ring (bicyclic) bond motifs is 5. The predicted molar refractivity (Wildman–Crippen MR) is 192 cm³/mol. The van der Waals surface area contributed by atoms with Crippen LogP contribution in [0.2, 0.25) is 0 Å². The summed E-state index contributed by atoms with van der Waals surface area (Å²) in [7, 11) is 0. The van der Waals surface area contributed by atoms with Crippen molar-refractivity contribution in [3.63, 3.8) is 0 Å². The van der Waals surface area contributed by atoms with Gasteiger partial charge in [-0.1, -0.05) is 121 Å². The molecule has 0 N–H and O–H groups in total. The summed E-state index contributed by atoms with van der Waals surface area (Å²) in [6.07, 6.45) is -0.588. The lowest BCUT2D eigenvalue weighted by atomic mass is 9.92. The maximum Gasteiger partial charge on any atom is 0.0972 e. The molecule has 0 aliphatic carbocycles. The Balaban J connectivity index is 1.29. The zero-order chi connectivity index (χ0) is 47.1. The molecule has 9 aromatic rings. The number of aromatic nitrogens is 2. The molecule has 45 heavy (non-hydrogen) atoms. The first kappa shape index (κ1) is 12.8. The van der Waals surface area contributed by atoms with Crippen LogP contribution in [0, 0.1) is 0 Å². The van der Waals surface area contributed by atoms with E-state index in [1.54, 1.807) is 24.3 Å². The standard InChI is InChI=1S/C42H26N2S/c1-2-13-32-27(8-1)9-6-16-37(32)40-24-23-39(45-40)31-11-5-10-30(26-31)33-20-21-36(35-15-4-3-14-34(33)35)38-22-19-29-18-17-28-12-7-25-43-41(28)42(29)44-38/h1-26H/i1D,2D,5D,6D,7D,8D,9D,10D,11D,12D,13D,16D,17D,18D,19D,22D,23D,24D,25D,26D. The summed E-state index contributed by atoms with van der Waals surface area (Å²) in [6.45, 7) is 0. The molecule has 0 unspecified atom stereocenters. The van der Waals surface area contributed by atoms with Gasteiger partial charge in [-0.2, -0.15) is 0 Å². The van der Waals surface area contributed by atoms with E-state index < -0.39 is 121 Å². The van der Waals surface area contributed by atoms with Crippen molar-refractivity contribution in [2.24, 2.45) is 0 Å². The zero-order valence-corrected chi connectivity index (χ0v) is 23.6. The number of pyridine rings is 2. The minimum atomic E-state index is -0.694. The second-order valence-corrected chi connectivity index (χ2v) is 10.9. The first-order valence-corrected chi connectivity index (χ1v) is 14.4. The maximum atomic E-state index is 9.54. The molecule has 0 aliphatic heterocycles. The van der Waals surface area contributed by atoms with E-state index in [-0.39, 0.29) is 75.8 Å². The summed E-state index contributed by atoms with van der Waals surface area (Å²) in [4.78, 5) is 8.37. The molecule has 0 atom stereocenters. The molecule has 210 valence electrons. The molecule has 3 heterocycles. The fourth-order valence-electron chi connectivity index (χ4n) is 5.23. The first-order valence-electron chi connectivity index (χ1n) is 23.5. The van der Waals surface area contributed by atoms with Crippen molar-refractivity contribution in [1.82, 2.24) is 9.97 Å². The van der Waals surface area contributed by atoms with Crippen molar-refractivity contribution in [1.29, 1.82) is 0 Å². The topological polar surface area (TPSA) is 25.8 Å². The number of rotatable bonds is 4. The highest BCUT2D eigenvalue weighted by atomic mass is 32.1. The summed E-state index contributed by atoms with van der Waals surface area (Å²) in [5.74, 6) is 0. The first-order chi connectivity index (χ1) is 30.6. The molecule has 0 saturated heterocycles. The van der Waals surface area contributed by atoms with E-state index >= 15 is 0 Å². The third kappa shape index (κ3) is 4.40. The van der Waals surface area contributed by atoms with Crippen LogP contribution in [0.25, 0.3) is 86.6 Å². The number of benzene rings is 6. The molecule has 9 rings (SSSR count). The lowest BCUT2D eigenvalue weighted by Crippen LogP contribution is -1.91. The average Bonchev–Trinajstić information content (AvgIpc) is 3.56. The lowest BCUT2D eigenvalue weighted by Gasteiger charge is -2.13. The van der Waals surface area contributed by atoms with Crippen LogP contribution in [0.4, 0.5) is 0 Å². The molecular formula is C42H26N2S. The largest absolute Gasteiger partial charge is 0.254 e. The summed E-state index contributed by atoms with van der Waals surface area (Å²) in [5.41, 5.74) is -0.751. The number of nitrogens with zero attached hydrogens (tertiary/aromatic N) is 2. The Bertz CT molecular complexity index is 3670. The van der Waals surface area contributed by atoms with Gasteiger partial charge in [0, 0.05) is 32.3 Å². The Hall–Kier alpha value is -5.64. The molecule has 3 aromatic heterocycles. The number of hydrogen-bond acceptors (Lipinski definition) is 3. The normalized spacial score (nSPS) is 17.8. The second kappa shape index (κ2) is 10.5. The fourth-order valence-corrected chi connectivity index (χ4v) is 6.10. The van der Waals surface area contributed by atoms with Gasteiger partial charge in [0.05, 0.1) is 44.1 Å². The molecule has 0 saturated carbocycles. The van der Waals surface area contributed by atoms with Crippen LogP contribution in [0.3, 0.4) is 0 Å². The number of hydrogen-bond donors (Lipinski definition) is 0. The molecule has 2 nitrogen and oxygen atoms in total. The van der Waals surface area contributed by atoms with Crippen molar-refractivity contribution >= 4 is 54.7 Å². The fraction of sp³-hybridized carbons (Fsp3) is 0. The lowest BCUT2D eigenvalue weighted by molar-refractivity contribution is 1.37. The molecule has 6 aromatic carbocycles. The van der Waals surface area contributed by atoms with Crippen molar-refractivity contribution in [2.45, 2.75) is 0 Å². The Morgan fingerprint density at radius 1 is 0.489 bits per heavy atom. The monoisotopic (exact) mass is 610 g/mol. The SMILES string of the molecule is [2H]c1nc2c(c([2H])c1[2H])c([2H])c([2H])c1c([2H])c([2H])c(-c3ccc(-c4c([2H])c([2H])c([2H])c(-c5sc(-c6c([2H])c([2H])c([2H])c7c([2H])c([2H])c([2H])c([2H])c67)c([2H])c5[2H])c4[2H])c4ccccc34)nc12. The van der Waals surface area contributed by atoms with Gasteiger partial charge in [0.1, 0.15) is 0 Å². The van der Waals surface area contributed by atoms with E-state index in [2.05, 4.69) is 9.97 Å². The van der Waals surface area contributed by atoms with E-state index in [0.717, 1.165) is 0 Å². The van der Waals surface area contributed by atoms with Crippen LogP contribution in [0.15, 0.2) is 157 Å². The minimum Gasteiger partial charge on any atom is -0.254 e. The Morgan fingerprint density at radius 2 is 1.20 bits per heavy atom. The van der Waals surface area contributed by atoms with Gasteiger partial charge in [-0.15, -0.1) is 11.3 Å². The highest BCUT2D eigenvalue weighted by Crippen LogP contribution is 2.40. The molecule has 0 radical (unpaired) electrons. The molecule has 0 spiro atoms. The van der Waals surface area contributed by atoms with Crippen LogP contribution in [-0.2, 0) is 0 Å². The van der Waals surface area contributed by atoms with Crippen molar-refractivity contribution in [3.8, 4) is 43.3 Å². The predicted octanol–water partition coefficient (Wildman–Crippen LogP) is 11.8. The van der Waals surface area contributed by atoms with Gasteiger partial charge in [0.25, 0.3) is 0 Å². The quantitative estimate of drug-likeness (QED) is 0.185. The van der Waals surface area contributed by atoms with E-state index in [1.165, 1.54) is 12.1 Å². The van der Waals surface area contributed by atoms with E-state index in [9.17, 15) is 1.37 Å². The second-order valence-electron chi connectivity index (χ2n) is 9.85. The maximum absolute atomic E-state index is 9.54. The Labute approximate surface area is 293 Å². The van der Waals surface area contributed by atoms with Gasteiger partial charge in [0.15, 0.2) is 0 Å². The van der Waals surface area contributed by atoms with E-state index in [1.807, 2.05) is 0 Å². The zero-order valence-electron chi connectivity index (χ0n) is 42.8. The van der Waals surface area contributed by atoms with Crippen molar-refractivity contribution in [2.75, 3.05) is 0 Å². The third-order valence-electron chi connectivity index (χ3n) is 7.28. The Kier molecular flexibility index (Phi) is 2.98. The van der Waals surface area contributed by atoms with Gasteiger partial charge in [-0.3, -0.25) is 4.98 Å². The molecule has 0 aliphatic rings. The van der Waals surface area contributed by atoms with Gasteiger partial charge in [-0.05, 0) is 74.0 Å². The highest BCUT2D eigenvalue weighted by Gasteiger charge is 2.14. The van der Waals surface area contributed by atoms with Crippen molar-refractivity contribution < 1.29 is 27.4 Å². The van der Waals surface area contributed by atoms with Crippen LogP contribution in [0.1, 0.15) is 27.4 Å². The summed E-state index contributed by atoms with van der Waals surface area (Å²) < 4.78 is 174. The van der Waals surface area contributed by atoms with E-state index in [4.69, 9.17) is 26.0 Å². The minimum absolute atomic E-state index is 0.0903. The summed E-state index contributed by atoms with van der Waals surface area (Å²) in [6, 6.07) is -1.50. The molecule has 0 bridgehead atoms. The molecule has 0 fully saturated rings. The van der Waals surface area contributed by atoms with Crippen LogP contribution >= 0.6 is 11.3 Å². The number of thiophene rings is 1. The van der Waals surface area contributed by atoms with Gasteiger partial charge in [0.2, 0.25) is 0 Å². The molecular weight excluding hydrogens is 565 g/mol. The van der Waals surface area contributed by atoms with Gasteiger partial charge < -0.3 is 0 Å². The highest BCUT2D eigenvalue weighted by molar-refractivity contribution is 7.18. The van der Waals surface area contributed by atoms with Crippen LogP contribution < -0.4 is 0 Å². The van der Waals surface area contributed by atoms with E-state index in [0.29, 0.717) is 22.1 Å². The van der Waals surface area contributed by atoms with Gasteiger partial charge in [-0.25, -0.2) is 4.98 Å². The van der Waals surface area contributed by atoms with Crippen molar-refractivity contribution in [3.05, 3.63) is 157 Å². The van der Waals surface area contributed by atoms with Gasteiger partial charge >= 0.3 is 0 Å². The smallest absolute Gasteiger partial charge is 0.0972 e. The van der Waals surface area contributed by atoms with Crippen LogP contribution in [0.5, 0.6) is 0 Å². The molecule has 0 amide bonds. The molecule has 3 heteroatoms. The summed E-state index contributed by atoms with van der Waals surface area (Å²) in [5, 5.41) is -0.388. The van der Waals surface area contributed by atoms with Crippen LogP contribution in [-0.4, -0.2) is 9.97 Å². The third-order valence-corrected chi connectivity index (χ3v) is 8.31. The average molecular weight is 611 g/mol. The summed E-state index contributed by atoms with van der Waals surface area (Å²) >= 11 is 0.632. The Morgan fingerprint density at radius 3 is 2.13 bits per heavy atom.